The van der Waals surface area contributed by atoms with Crippen molar-refractivity contribution in [2.24, 2.45) is 11.0 Å². The van der Waals surface area contributed by atoms with E-state index in [0.717, 1.165) is 0 Å². The second-order valence-corrected chi connectivity index (χ2v) is 5.56. The molecular weight excluding hydrogens is 352 g/mol. The van der Waals surface area contributed by atoms with E-state index in [0.29, 0.717) is 17.8 Å². The second-order valence-electron chi connectivity index (χ2n) is 5.15. The molecule has 0 spiro atoms. The van der Waals surface area contributed by atoms with Gasteiger partial charge in [-0.3, -0.25) is 10.7 Å². The Hall–Kier alpha value is -2.81. The van der Waals surface area contributed by atoms with E-state index >= 15 is 0 Å². The summed E-state index contributed by atoms with van der Waals surface area (Å²) in [5, 5.41) is 24.0. The molecule has 0 aliphatic carbocycles. The summed E-state index contributed by atoms with van der Waals surface area (Å²) in [6.45, 7) is 3.94. The average molecular weight is 369 g/mol. The topological polar surface area (TPSA) is 124 Å². The number of carbonyl (C=O) groups excluding carboxylic acids is 1. The molecule has 1 aliphatic rings. The van der Waals surface area contributed by atoms with Gasteiger partial charge in [-0.05, 0) is 19.1 Å². The number of guanidine groups is 1. The molecule has 3 N–H and O–H groups in total. The number of carboxylic acid groups (broad SMARTS) is 1. The smallest absolute Gasteiger partial charge is 0.465 e. The van der Waals surface area contributed by atoms with Crippen molar-refractivity contribution in [3.8, 4) is 5.75 Å². The monoisotopic (exact) mass is 368 g/mol. The van der Waals surface area contributed by atoms with Gasteiger partial charge in [-0.15, -0.1) is 0 Å². The molecule has 1 amide bonds. The minimum Gasteiger partial charge on any atom is -0.465 e. The highest BCUT2D eigenvalue weighted by molar-refractivity contribution is 6.33. The predicted molar refractivity (Wildman–Crippen MR) is 90.4 cm³/mol. The second kappa shape index (κ2) is 7.84. The Labute approximate surface area is 148 Å². The molecule has 1 aromatic carbocycles. The highest BCUT2D eigenvalue weighted by Gasteiger charge is 2.30. The maximum Gasteiger partial charge on any atom is 0.513 e. The number of nitrogens with zero attached hydrogens (tertiary/aromatic N) is 2. The van der Waals surface area contributed by atoms with E-state index in [1.807, 2.05) is 12.2 Å². The first-order valence-corrected chi connectivity index (χ1v) is 7.79. The van der Waals surface area contributed by atoms with Crippen molar-refractivity contribution in [3.05, 3.63) is 28.8 Å². The summed E-state index contributed by atoms with van der Waals surface area (Å²) in [5.41, 5.74) is 0.984. The van der Waals surface area contributed by atoms with Crippen molar-refractivity contribution in [2.75, 3.05) is 13.2 Å². The van der Waals surface area contributed by atoms with Gasteiger partial charge in [-0.2, -0.15) is 5.10 Å². The number of hydrazone groups is 1. The number of rotatable bonds is 3. The number of ether oxygens (including phenoxy) is 2. The van der Waals surface area contributed by atoms with Crippen LogP contribution in [0.1, 0.15) is 19.4 Å². The average Bonchev–Trinajstić information content (AvgIpc) is 2.91. The van der Waals surface area contributed by atoms with Crippen LogP contribution in [-0.4, -0.2) is 47.2 Å². The van der Waals surface area contributed by atoms with Crippen LogP contribution in [-0.2, 0) is 4.74 Å². The van der Waals surface area contributed by atoms with Crippen LogP contribution in [0, 0.1) is 11.3 Å². The number of halogens is 1. The molecule has 0 radical (unpaired) electrons. The zero-order chi connectivity index (χ0) is 18.6. The van der Waals surface area contributed by atoms with Crippen molar-refractivity contribution in [2.45, 2.75) is 13.8 Å². The molecule has 134 valence electrons. The molecule has 0 bridgehead atoms. The summed E-state index contributed by atoms with van der Waals surface area (Å²) in [7, 11) is 0. The third-order valence-corrected chi connectivity index (χ3v) is 3.61. The standard InChI is InChI=1S/C15H17ClN4O5/c1-3-24-15(23)25-12-9(5-4-6-10(12)16)11-8(2)7-20(19-11)13(17)18-14(21)22/h4-6,8H,3,7H2,1-2H3,(H2,17,18)(H,21,22). The van der Waals surface area contributed by atoms with E-state index in [2.05, 4.69) is 5.10 Å². The van der Waals surface area contributed by atoms with Crippen LogP contribution in [0.15, 0.2) is 23.3 Å². The normalized spacial score (nSPS) is 16.2. The summed E-state index contributed by atoms with van der Waals surface area (Å²) in [4.78, 5) is 22.3. The first-order valence-electron chi connectivity index (χ1n) is 7.41. The van der Waals surface area contributed by atoms with E-state index in [9.17, 15) is 9.59 Å². The molecule has 25 heavy (non-hydrogen) atoms. The highest BCUT2D eigenvalue weighted by atomic mass is 35.5. The lowest BCUT2D eigenvalue weighted by molar-refractivity contribution is 0.104. The number of carbonyl (C=O) groups is 2. The van der Waals surface area contributed by atoms with Crippen molar-refractivity contribution >= 4 is 35.5 Å². The molecule has 0 saturated carbocycles. The summed E-state index contributed by atoms with van der Waals surface area (Å²) >= 11 is 6.13. The first-order chi connectivity index (χ1) is 11.8. The Kier molecular flexibility index (Phi) is 5.81. The van der Waals surface area contributed by atoms with E-state index < -0.39 is 12.2 Å². The molecule has 0 fully saturated rings. The van der Waals surface area contributed by atoms with Gasteiger partial charge in [0, 0.05) is 11.5 Å². The number of para-hydroxylation sites is 1. The zero-order valence-electron chi connectivity index (χ0n) is 13.6. The number of benzene rings is 1. The SMILES string of the molecule is CCOC(=O)Oc1c(Cl)cccc1C1=NN(C(=N)NC(=O)O)CC1C. The molecule has 1 aromatic rings. The molecule has 1 atom stereocenters. The van der Waals surface area contributed by atoms with E-state index in [1.54, 1.807) is 25.1 Å². The molecule has 1 heterocycles. The number of amides is 1. The van der Waals surface area contributed by atoms with Crippen LogP contribution in [0.2, 0.25) is 5.02 Å². The van der Waals surface area contributed by atoms with Gasteiger partial charge >= 0.3 is 12.2 Å². The number of nitrogens with one attached hydrogen (secondary N) is 2. The van der Waals surface area contributed by atoms with Crippen LogP contribution in [0.25, 0.3) is 0 Å². The Morgan fingerprint density at radius 1 is 1.52 bits per heavy atom. The Balaban J connectivity index is 2.34. The third kappa shape index (κ3) is 4.38. The molecule has 0 aromatic heterocycles. The Bertz CT molecular complexity index is 737. The van der Waals surface area contributed by atoms with Crippen molar-refractivity contribution in [1.29, 1.82) is 5.41 Å². The van der Waals surface area contributed by atoms with Gasteiger partial charge in [0.25, 0.3) is 0 Å². The van der Waals surface area contributed by atoms with Crippen molar-refractivity contribution in [3.63, 3.8) is 0 Å². The van der Waals surface area contributed by atoms with Gasteiger partial charge in [0.05, 0.1) is 23.9 Å². The number of hydrogen-bond donors (Lipinski definition) is 3. The predicted octanol–water partition coefficient (Wildman–Crippen LogP) is 2.73. The molecule has 1 aliphatic heterocycles. The first kappa shape index (κ1) is 18.5. The van der Waals surface area contributed by atoms with Crippen molar-refractivity contribution in [1.82, 2.24) is 10.3 Å². The van der Waals surface area contributed by atoms with Gasteiger partial charge < -0.3 is 14.6 Å². The molecule has 1 unspecified atom stereocenters. The lowest BCUT2D eigenvalue weighted by atomic mass is 9.98. The quantitative estimate of drug-likeness (QED) is 0.326. The van der Waals surface area contributed by atoms with Gasteiger partial charge in [-0.25, -0.2) is 14.6 Å². The molecular formula is C15H17ClN4O5. The largest absolute Gasteiger partial charge is 0.513 e. The van der Waals surface area contributed by atoms with Gasteiger partial charge in [0.1, 0.15) is 0 Å². The Morgan fingerprint density at radius 3 is 2.88 bits per heavy atom. The zero-order valence-corrected chi connectivity index (χ0v) is 14.3. The van der Waals surface area contributed by atoms with Crippen LogP contribution >= 0.6 is 11.6 Å². The van der Waals surface area contributed by atoms with Crippen molar-refractivity contribution < 1.29 is 24.2 Å². The Morgan fingerprint density at radius 2 is 2.24 bits per heavy atom. The van der Waals surface area contributed by atoms with Crippen LogP contribution in [0.5, 0.6) is 5.75 Å². The minimum absolute atomic E-state index is 0.104. The highest BCUT2D eigenvalue weighted by Crippen LogP contribution is 2.33. The fraction of sp³-hybridized carbons (Fsp3) is 0.333. The fourth-order valence-electron chi connectivity index (χ4n) is 2.29. The van der Waals surface area contributed by atoms with E-state index in [1.165, 1.54) is 5.01 Å². The van der Waals surface area contributed by atoms with E-state index in [4.69, 9.17) is 31.6 Å². The summed E-state index contributed by atoms with van der Waals surface area (Å²) in [5.74, 6) is -0.420. The summed E-state index contributed by atoms with van der Waals surface area (Å²) in [6.07, 6.45) is -2.24. The summed E-state index contributed by atoms with van der Waals surface area (Å²) in [6, 6.07) is 4.91. The van der Waals surface area contributed by atoms with Crippen LogP contribution in [0.3, 0.4) is 0 Å². The molecule has 0 saturated heterocycles. The van der Waals surface area contributed by atoms with E-state index in [-0.39, 0.29) is 29.3 Å². The van der Waals surface area contributed by atoms with Gasteiger partial charge in [-0.1, -0.05) is 24.6 Å². The minimum atomic E-state index is -1.35. The lowest BCUT2D eigenvalue weighted by Gasteiger charge is -2.13. The molecule has 2 rings (SSSR count). The maximum absolute atomic E-state index is 11.6. The van der Waals surface area contributed by atoms with Crippen LogP contribution < -0.4 is 10.1 Å². The fourth-order valence-corrected chi connectivity index (χ4v) is 2.50. The summed E-state index contributed by atoms with van der Waals surface area (Å²) < 4.78 is 9.95. The lowest BCUT2D eigenvalue weighted by Crippen LogP contribution is -2.39. The third-order valence-electron chi connectivity index (χ3n) is 3.32. The van der Waals surface area contributed by atoms with Gasteiger partial charge in [0.15, 0.2) is 5.75 Å². The molecule has 9 nitrogen and oxygen atoms in total. The van der Waals surface area contributed by atoms with Crippen LogP contribution in [0.4, 0.5) is 9.59 Å². The maximum atomic E-state index is 11.6. The molecule has 10 heteroatoms. The number of hydrogen-bond acceptors (Lipinski definition) is 6. The van der Waals surface area contributed by atoms with Gasteiger partial charge in [0.2, 0.25) is 5.96 Å².